The van der Waals surface area contributed by atoms with Gasteiger partial charge in [0, 0.05) is 11.9 Å². The average molecular weight is 346 g/mol. The molecule has 0 saturated carbocycles. The Labute approximate surface area is 152 Å². The third-order valence-electron chi connectivity index (χ3n) is 4.71. The molecule has 2 aromatic heterocycles. The van der Waals surface area contributed by atoms with Crippen LogP contribution in [-0.2, 0) is 0 Å². The molecule has 0 bridgehead atoms. The SMILES string of the molecule is Cc1ccc([C@H](CNc2ncnc3c2oc2ccccc23)N(C)C)cc1. The first kappa shape index (κ1) is 16.5. The van der Waals surface area contributed by atoms with Crippen molar-refractivity contribution in [3.8, 4) is 0 Å². The van der Waals surface area contributed by atoms with Gasteiger partial charge in [-0.3, -0.25) is 0 Å². The van der Waals surface area contributed by atoms with Crippen molar-refractivity contribution in [2.45, 2.75) is 13.0 Å². The van der Waals surface area contributed by atoms with Gasteiger partial charge in [-0.1, -0.05) is 42.0 Å². The average Bonchev–Trinajstić information content (AvgIpc) is 3.03. The number of benzene rings is 2. The van der Waals surface area contributed by atoms with Crippen LogP contribution in [0.15, 0.2) is 59.3 Å². The van der Waals surface area contributed by atoms with Crippen LogP contribution in [0.5, 0.6) is 0 Å². The molecule has 0 aliphatic rings. The number of rotatable bonds is 5. The quantitative estimate of drug-likeness (QED) is 0.580. The molecular weight excluding hydrogens is 324 g/mol. The van der Waals surface area contributed by atoms with E-state index in [1.54, 1.807) is 6.33 Å². The molecule has 132 valence electrons. The van der Waals surface area contributed by atoms with E-state index in [2.05, 4.69) is 65.5 Å². The van der Waals surface area contributed by atoms with Crippen molar-refractivity contribution in [2.75, 3.05) is 26.0 Å². The van der Waals surface area contributed by atoms with Gasteiger partial charge in [-0.15, -0.1) is 0 Å². The summed E-state index contributed by atoms with van der Waals surface area (Å²) in [5.74, 6) is 0.727. The minimum atomic E-state index is 0.227. The molecule has 0 aliphatic carbocycles. The van der Waals surface area contributed by atoms with Crippen LogP contribution in [-0.4, -0.2) is 35.5 Å². The second-order valence-electron chi connectivity index (χ2n) is 6.77. The fourth-order valence-corrected chi connectivity index (χ4v) is 3.23. The van der Waals surface area contributed by atoms with Crippen LogP contribution >= 0.6 is 0 Å². The molecular formula is C21H22N4O. The number of aromatic nitrogens is 2. The summed E-state index contributed by atoms with van der Waals surface area (Å²) in [5.41, 5.74) is 4.90. The van der Waals surface area contributed by atoms with Crippen LogP contribution < -0.4 is 5.32 Å². The van der Waals surface area contributed by atoms with Gasteiger partial charge in [-0.2, -0.15) is 0 Å². The molecule has 0 fully saturated rings. The molecule has 0 unspecified atom stereocenters. The first-order valence-corrected chi connectivity index (χ1v) is 8.72. The summed E-state index contributed by atoms with van der Waals surface area (Å²) >= 11 is 0. The lowest BCUT2D eigenvalue weighted by atomic mass is 10.0. The summed E-state index contributed by atoms with van der Waals surface area (Å²) in [6.45, 7) is 2.82. The van der Waals surface area contributed by atoms with Crippen molar-refractivity contribution < 1.29 is 4.42 Å². The number of para-hydroxylation sites is 1. The van der Waals surface area contributed by atoms with E-state index in [9.17, 15) is 0 Å². The predicted molar refractivity (Wildman–Crippen MR) is 105 cm³/mol. The molecule has 0 saturated heterocycles. The molecule has 26 heavy (non-hydrogen) atoms. The van der Waals surface area contributed by atoms with Crippen molar-refractivity contribution in [3.63, 3.8) is 0 Å². The molecule has 2 aromatic carbocycles. The lowest BCUT2D eigenvalue weighted by Crippen LogP contribution is -2.27. The Bertz CT molecular complexity index is 1040. The zero-order valence-electron chi connectivity index (χ0n) is 15.2. The monoisotopic (exact) mass is 346 g/mol. The van der Waals surface area contributed by atoms with Gasteiger partial charge in [-0.05, 0) is 38.7 Å². The summed E-state index contributed by atoms with van der Waals surface area (Å²) in [6, 6.07) is 16.8. The van der Waals surface area contributed by atoms with Gasteiger partial charge in [-0.25, -0.2) is 9.97 Å². The van der Waals surface area contributed by atoms with E-state index in [1.807, 2.05) is 24.3 Å². The molecule has 5 heteroatoms. The maximum Gasteiger partial charge on any atom is 0.196 e. The zero-order valence-corrected chi connectivity index (χ0v) is 15.2. The van der Waals surface area contributed by atoms with Gasteiger partial charge in [0.1, 0.15) is 17.4 Å². The van der Waals surface area contributed by atoms with Crippen molar-refractivity contribution in [3.05, 3.63) is 66.0 Å². The maximum absolute atomic E-state index is 6.00. The predicted octanol–water partition coefficient (Wildman–Crippen LogP) is 4.40. The third kappa shape index (κ3) is 3.02. The van der Waals surface area contributed by atoms with Crippen molar-refractivity contribution in [1.82, 2.24) is 14.9 Å². The smallest absolute Gasteiger partial charge is 0.196 e. The number of anilines is 1. The minimum absolute atomic E-state index is 0.227. The summed E-state index contributed by atoms with van der Waals surface area (Å²) < 4.78 is 6.00. The van der Waals surface area contributed by atoms with Crippen LogP contribution in [0.4, 0.5) is 5.82 Å². The normalized spacial score (nSPS) is 12.8. The van der Waals surface area contributed by atoms with Gasteiger partial charge in [0.15, 0.2) is 11.4 Å². The van der Waals surface area contributed by atoms with Crippen LogP contribution in [0.25, 0.3) is 22.1 Å². The summed E-state index contributed by atoms with van der Waals surface area (Å²) in [7, 11) is 4.17. The molecule has 0 amide bonds. The molecule has 2 heterocycles. The second-order valence-corrected chi connectivity index (χ2v) is 6.77. The number of hydrogen-bond acceptors (Lipinski definition) is 5. The zero-order chi connectivity index (χ0) is 18.1. The third-order valence-corrected chi connectivity index (χ3v) is 4.71. The maximum atomic E-state index is 6.00. The van der Waals surface area contributed by atoms with Gasteiger partial charge in [0.25, 0.3) is 0 Å². The van der Waals surface area contributed by atoms with Crippen molar-refractivity contribution >= 4 is 27.9 Å². The van der Waals surface area contributed by atoms with E-state index in [0.29, 0.717) is 5.58 Å². The van der Waals surface area contributed by atoms with Crippen LogP contribution in [0.2, 0.25) is 0 Å². The minimum Gasteiger partial charge on any atom is -0.450 e. The van der Waals surface area contributed by atoms with E-state index in [1.165, 1.54) is 11.1 Å². The number of aryl methyl sites for hydroxylation is 1. The van der Waals surface area contributed by atoms with Crippen LogP contribution in [0.3, 0.4) is 0 Å². The Morgan fingerprint density at radius 2 is 1.81 bits per heavy atom. The summed E-state index contributed by atoms with van der Waals surface area (Å²) in [4.78, 5) is 11.0. The van der Waals surface area contributed by atoms with Gasteiger partial charge >= 0.3 is 0 Å². The Balaban J connectivity index is 1.65. The van der Waals surface area contributed by atoms with E-state index in [-0.39, 0.29) is 6.04 Å². The number of fused-ring (bicyclic) bond motifs is 3. The van der Waals surface area contributed by atoms with E-state index >= 15 is 0 Å². The van der Waals surface area contributed by atoms with Crippen LogP contribution in [0.1, 0.15) is 17.2 Å². The number of likely N-dealkylation sites (N-methyl/N-ethyl adjacent to an activating group) is 1. The first-order valence-electron chi connectivity index (χ1n) is 8.72. The second kappa shape index (κ2) is 6.77. The first-order chi connectivity index (χ1) is 12.6. The van der Waals surface area contributed by atoms with E-state index < -0.39 is 0 Å². The molecule has 5 nitrogen and oxygen atoms in total. The number of furan rings is 1. The molecule has 1 N–H and O–H groups in total. The molecule has 4 rings (SSSR count). The Hall–Kier alpha value is -2.92. The standard InChI is InChI=1S/C21H22N4O/c1-14-8-10-15(11-9-14)17(25(2)3)12-22-21-20-19(23-13-24-21)16-6-4-5-7-18(16)26-20/h4-11,13,17H,12H2,1-3H3,(H,22,23,24)/t17-/m0/s1. The van der Waals surface area contributed by atoms with E-state index in [0.717, 1.165) is 28.8 Å². The van der Waals surface area contributed by atoms with Crippen molar-refractivity contribution in [1.29, 1.82) is 0 Å². The molecule has 1 atom stereocenters. The number of nitrogens with zero attached hydrogens (tertiary/aromatic N) is 3. The van der Waals surface area contributed by atoms with Crippen molar-refractivity contribution in [2.24, 2.45) is 0 Å². The highest BCUT2D eigenvalue weighted by atomic mass is 16.3. The fraction of sp³-hybridized carbons (Fsp3) is 0.238. The highest BCUT2D eigenvalue weighted by molar-refractivity contribution is 6.05. The molecule has 4 aromatic rings. The number of nitrogens with one attached hydrogen (secondary N) is 1. The van der Waals surface area contributed by atoms with Gasteiger partial charge < -0.3 is 14.6 Å². The number of hydrogen-bond donors (Lipinski definition) is 1. The lowest BCUT2D eigenvalue weighted by molar-refractivity contribution is 0.311. The molecule has 0 aliphatic heterocycles. The highest BCUT2D eigenvalue weighted by Crippen LogP contribution is 2.30. The summed E-state index contributed by atoms with van der Waals surface area (Å²) in [5, 5.41) is 4.47. The Morgan fingerprint density at radius 1 is 1.04 bits per heavy atom. The largest absolute Gasteiger partial charge is 0.450 e. The molecule has 0 radical (unpaired) electrons. The van der Waals surface area contributed by atoms with E-state index in [4.69, 9.17) is 4.42 Å². The Morgan fingerprint density at radius 3 is 2.58 bits per heavy atom. The Kier molecular flexibility index (Phi) is 4.31. The highest BCUT2D eigenvalue weighted by Gasteiger charge is 2.17. The van der Waals surface area contributed by atoms with Crippen LogP contribution in [0, 0.1) is 6.92 Å². The summed E-state index contributed by atoms with van der Waals surface area (Å²) in [6.07, 6.45) is 1.59. The lowest BCUT2D eigenvalue weighted by Gasteiger charge is -2.25. The fourth-order valence-electron chi connectivity index (χ4n) is 3.23. The van der Waals surface area contributed by atoms with Gasteiger partial charge in [0.05, 0.1) is 6.04 Å². The van der Waals surface area contributed by atoms with Gasteiger partial charge in [0.2, 0.25) is 0 Å². The topological polar surface area (TPSA) is 54.2 Å². The molecule has 0 spiro atoms.